The van der Waals surface area contributed by atoms with Crippen LogP contribution >= 0.6 is 0 Å². The van der Waals surface area contributed by atoms with Gasteiger partial charge >= 0.3 is 0 Å². The molecule has 0 heterocycles. The average Bonchev–Trinajstić information content (AvgIpc) is 2.77. The van der Waals surface area contributed by atoms with Crippen molar-refractivity contribution < 1.29 is 17.9 Å². The number of sulfonamides is 1. The van der Waals surface area contributed by atoms with Gasteiger partial charge in [-0.3, -0.25) is 9.52 Å². The third kappa shape index (κ3) is 6.85. The number of benzene rings is 3. The Morgan fingerprint density at radius 1 is 0.914 bits per heavy atom. The molecule has 6 nitrogen and oxygen atoms in total. The molecule has 0 unspecified atom stereocenters. The number of carbonyl (C=O) groups is 1. The molecule has 0 aromatic heterocycles. The van der Waals surface area contributed by atoms with Crippen molar-refractivity contribution in [3.63, 3.8) is 0 Å². The number of nitrogens with one attached hydrogen (secondary N) is 2. The van der Waals surface area contributed by atoms with E-state index in [4.69, 9.17) is 4.74 Å². The molecule has 3 rings (SSSR count). The topological polar surface area (TPSA) is 84.5 Å². The van der Waals surface area contributed by atoms with Gasteiger partial charge in [0.25, 0.3) is 15.9 Å². The lowest BCUT2D eigenvalue weighted by atomic mass is 9.96. The molecule has 0 aliphatic carbocycles. The van der Waals surface area contributed by atoms with E-state index in [1.165, 1.54) is 6.07 Å². The fourth-order valence-corrected chi connectivity index (χ4v) is 5.41. The lowest BCUT2D eigenvalue weighted by Crippen LogP contribution is -2.30. The summed E-state index contributed by atoms with van der Waals surface area (Å²) in [7, 11) is -2.27. The maximum atomic E-state index is 13.2. The van der Waals surface area contributed by atoms with E-state index in [1.54, 1.807) is 38.3 Å². The number of ether oxygens (including phenoxy) is 1. The zero-order valence-corrected chi connectivity index (χ0v) is 22.0. The summed E-state index contributed by atoms with van der Waals surface area (Å²) in [4.78, 5) is 13.3. The summed E-state index contributed by atoms with van der Waals surface area (Å²) in [5.41, 5.74) is 4.23. The summed E-state index contributed by atoms with van der Waals surface area (Å²) >= 11 is 0. The van der Waals surface area contributed by atoms with E-state index in [0.717, 1.165) is 28.9 Å². The van der Waals surface area contributed by atoms with Gasteiger partial charge in [0, 0.05) is 11.3 Å². The Morgan fingerprint density at radius 2 is 1.54 bits per heavy atom. The number of carbonyl (C=O) groups excluding carboxylic acids is 1. The highest BCUT2D eigenvalue weighted by Crippen LogP contribution is 2.26. The Labute approximate surface area is 208 Å². The van der Waals surface area contributed by atoms with Gasteiger partial charge in [-0.1, -0.05) is 38.1 Å². The van der Waals surface area contributed by atoms with Crippen LogP contribution in [0.3, 0.4) is 0 Å². The molecule has 2 N–H and O–H groups in total. The van der Waals surface area contributed by atoms with Crippen molar-refractivity contribution in [1.29, 1.82) is 0 Å². The first-order valence-electron chi connectivity index (χ1n) is 11.6. The molecule has 3 aromatic rings. The quantitative estimate of drug-likeness (QED) is 0.386. The molecule has 7 heteroatoms. The summed E-state index contributed by atoms with van der Waals surface area (Å²) < 4.78 is 34.3. The highest BCUT2D eigenvalue weighted by atomic mass is 32.2. The van der Waals surface area contributed by atoms with Crippen molar-refractivity contribution in [2.75, 3.05) is 11.8 Å². The third-order valence-corrected chi connectivity index (χ3v) is 7.27. The number of amides is 1. The molecule has 3 aromatic carbocycles. The molecular formula is C28H34N2O4S. The van der Waals surface area contributed by atoms with Crippen molar-refractivity contribution in [3.8, 4) is 5.75 Å². The van der Waals surface area contributed by atoms with Gasteiger partial charge < -0.3 is 10.1 Å². The van der Waals surface area contributed by atoms with Crippen LogP contribution in [-0.2, 0) is 10.0 Å². The Hall–Kier alpha value is -3.32. The monoisotopic (exact) mass is 494 g/mol. The van der Waals surface area contributed by atoms with Crippen LogP contribution in [0.15, 0.2) is 65.6 Å². The Kier molecular flexibility index (Phi) is 8.22. The van der Waals surface area contributed by atoms with Crippen molar-refractivity contribution in [2.24, 2.45) is 5.92 Å². The van der Waals surface area contributed by atoms with Crippen LogP contribution in [0.1, 0.15) is 58.9 Å². The van der Waals surface area contributed by atoms with Gasteiger partial charge in [0.15, 0.2) is 0 Å². The Bertz CT molecular complexity index is 1280. The lowest BCUT2D eigenvalue weighted by molar-refractivity contribution is 0.0931. The first-order valence-corrected chi connectivity index (χ1v) is 13.1. The zero-order valence-electron chi connectivity index (χ0n) is 21.2. The molecule has 0 radical (unpaired) electrons. The molecule has 0 saturated carbocycles. The van der Waals surface area contributed by atoms with Crippen LogP contribution in [0.2, 0.25) is 0 Å². The van der Waals surface area contributed by atoms with E-state index in [-0.39, 0.29) is 16.8 Å². The second-order valence-corrected chi connectivity index (χ2v) is 11.0. The summed E-state index contributed by atoms with van der Waals surface area (Å²) in [6.45, 7) is 9.74. The number of methoxy groups -OCH3 is 1. The first kappa shape index (κ1) is 26.3. The first-order chi connectivity index (χ1) is 16.5. The number of hydrogen-bond acceptors (Lipinski definition) is 4. The minimum Gasteiger partial charge on any atom is -0.497 e. The largest absolute Gasteiger partial charge is 0.497 e. The molecule has 1 atom stereocenters. The molecule has 0 aliphatic rings. The third-order valence-electron chi connectivity index (χ3n) is 5.74. The molecule has 186 valence electrons. The smallest absolute Gasteiger partial charge is 0.262 e. The molecule has 0 fully saturated rings. The van der Waals surface area contributed by atoms with Crippen LogP contribution in [-0.4, -0.2) is 21.4 Å². The van der Waals surface area contributed by atoms with Gasteiger partial charge in [0.2, 0.25) is 0 Å². The number of anilines is 1. The highest BCUT2D eigenvalue weighted by molar-refractivity contribution is 7.92. The van der Waals surface area contributed by atoms with Crippen LogP contribution in [0, 0.1) is 26.7 Å². The predicted molar refractivity (Wildman–Crippen MR) is 141 cm³/mol. The second kappa shape index (κ2) is 11.0. The molecule has 0 bridgehead atoms. The maximum Gasteiger partial charge on any atom is 0.262 e. The standard InChI is InChI=1S/C28H34N2O4S/c1-18(2)13-26(22-9-11-25(34-6)12-10-22)29-28(31)23-8-7-21(5)27(17-23)35(32,33)30-24-15-19(3)14-20(4)16-24/h7-12,14-18,26,30H,13H2,1-6H3,(H,29,31)/t26-/m1/s1. The Balaban J connectivity index is 1.88. The van der Waals surface area contributed by atoms with Crippen LogP contribution < -0.4 is 14.8 Å². The number of rotatable bonds is 9. The summed E-state index contributed by atoms with van der Waals surface area (Å²) in [6.07, 6.45) is 0.739. The fraction of sp³-hybridized carbons (Fsp3) is 0.321. The van der Waals surface area contributed by atoms with Crippen LogP contribution in [0.4, 0.5) is 5.69 Å². The van der Waals surface area contributed by atoms with Gasteiger partial charge in [-0.15, -0.1) is 0 Å². The molecule has 0 aliphatic heterocycles. The Morgan fingerprint density at radius 3 is 2.11 bits per heavy atom. The van der Waals surface area contributed by atoms with Crippen molar-refractivity contribution in [1.82, 2.24) is 5.32 Å². The normalized spacial score (nSPS) is 12.3. The predicted octanol–water partition coefficient (Wildman–Crippen LogP) is 5.94. The fourth-order valence-electron chi connectivity index (χ4n) is 4.10. The molecule has 1 amide bonds. The average molecular weight is 495 g/mol. The van der Waals surface area contributed by atoms with Crippen LogP contribution in [0.25, 0.3) is 0 Å². The molecular weight excluding hydrogens is 460 g/mol. The maximum absolute atomic E-state index is 13.2. The van der Waals surface area contributed by atoms with Gasteiger partial charge in [-0.05, 0) is 91.8 Å². The van der Waals surface area contributed by atoms with Crippen LogP contribution in [0.5, 0.6) is 5.75 Å². The van der Waals surface area contributed by atoms with E-state index < -0.39 is 10.0 Å². The van der Waals surface area contributed by atoms with Gasteiger partial charge in [-0.2, -0.15) is 0 Å². The van der Waals surface area contributed by atoms with Crippen molar-refractivity contribution >= 4 is 21.6 Å². The van der Waals surface area contributed by atoms with Crippen molar-refractivity contribution in [2.45, 2.75) is 52.0 Å². The molecule has 35 heavy (non-hydrogen) atoms. The van der Waals surface area contributed by atoms with E-state index in [2.05, 4.69) is 23.9 Å². The highest BCUT2D eigenvalue weighted by Gasteiger charge is 2.22. The SMILES string of the molecule is COc1ccc([C@@H](CC(C)C)NC(=O)c2ccc(C)c(S(=O)(=O)Nc3cc(C)cc(C)c3)c2)cc1. The summed E-state index contributed by atoms with van der Waals surface area (Å²) in [5.74, 6) is 0.765. The van der Waals surface area contributed by atoms with Gasteiger partial charge in [0.1, 0.15) is 5.75 Å². The van der Waals surface area contributed by atoms with E-state index in [1.807, 2.05) is 44.2 Å². The minimum absolute atomic E-state index is 0.0779. The number of aryl methyl sites for hydroxylation is 3. The summed E-state index contributed by atoms with van der Waals surface area (Å²) in [5, 5.41) is 3.09. The van der Waals surface area contributed by atoms with E-state index >= 15 is 0 Å². The van der Waals surface area contributed by atoms with Crippen molar-refractivity contribution in [3.05, 3.63) is 88.5 Å². The summed E-state index contributed by atoms with van der Waals surface area (Å²) in [6, 6.07) is 17.7. The second-order valence-electron chi connectivity index (χ2n) is 9.39. The minimum atomic E-state index is -3.88. The van der Waals surface area contributed by atoms with E-state index in [9.17, 15) is 13.2 Å². The van der Waals surface area contributed by atoms with Gasteiger partial charge in [-0.25, -0.2) is 8.42 Å². The lowest BCUT2D eigenvalue weighted by Gasteiger charge is -2.22. The van der Waals surface area contributed by atoms with Gasteiger partial charge in [0.05, 0.1) is 18.0 Å². The molecule has 0 saturated heterocycles. The number of hydrogen-bond donors (Lipinski definition) is 2. The zero-order chi connectivity index (χ0) is 25.8. The van der Waals surface area contributed by atoms with E-state index in [0.29, 0.717) is 22.7 Å². The molecule has 0 spiro atoms.